The van der Waals surface area contributed by atoms with E-state index in [0.717, 1.165) is 29.2 Å². The van der Waals surface area contributed by atoms with Gasteiger partial charge in [0.1, 0.15) is 24.4 Å². The Balaban J connectivity index is 1.37. The van der Waals surface area contributed by atoms with Gasteiger partial charge in [-0.15, -0.1) is 0 Å². The number of carbonyl (C=O) groups excluding carboxylic acids is 1. The molecule has 2 atom stereocenters. The summed E-state index contributed by atoms with van der Waals surface area (Å²) in [5, 5.41) is 22.5. The molecule has 0 N–H and O–H groups in total. The number of hydrogen-bond acceptors (Lipinski definition) is 8. The number of pyridine rings is 1. The largest absolute Gasteiger partial charge is 0.475 e. The summed E-state index contributed by atoms with van der Waals surface area (Å²) in [6, 6.07) is 17.0. The third kappa shape index (κ3) is 6.03. The minimum atomic E-state index is -0.815. The second kappa shape index (κ2) is 13.1. The molecule has 1 aromatic heterocycles. The summed E-state index contributed by atoms with van der Waals surface area (Å²) in [6.45, 7) is 10.3. The van der Waals surface area contributed by atoms with Crippen LogP contribution in [0.15, 0.2) is 49.1 Å². The van der Waals surface area contributed by atoms with E-state index in [1.165, 1.54) is 22.4 Å². The second-order valence-electron chi connectivity index (χ2n) is 12.0. The molecule has 2 saturated heterocycles. The van der Waals surface area contributed by atoms with E-state index in [4.69, 9.17) is 9.72 Å². The third-order valence-corrected chi connectivity index (χ3v) is 9.28. The number of ether oxygens (including phenoxy) is 1. The Morgan fingerprint density at radius 2 is 1.96 bits per heavy atom. The van der Waals surface area contributed by atoms with Crippen LogP contribution in [0.3, 0.4) is 0 Å². The van der Waals surface area contributed by atoms with E-state index in [0.29, 0.717) is 64.2 Å². The lowest BCUT2D eigenvalue weighted by Crippen LogP contribution is -2.55. The highest BCUT2D eigenvalue weighted by atomic mass is 19.1. The highest BCUT2D eigenvalue weighted by molar-refractivity contribution is 5.97. The molecule has 0 saturated carbocycles. The summed E-state index contributed by atoms with van der Waals surface area (Å²) >= 11 is 0. The maximum absolute atomic E-state index is 13.8. The topological polar surface area (TPSA) is 99.7 Å². The van der Waals surface area contributed by atoms with Crippen molar-refractivity contribution in [3.8, 4) is 18.0 Å². The van der Waals surface area contributed by atoms with Crippen LogP contribution in [-0.4, -0.2) is 85.3 Å². The number of fused-ring (bicyclic) bond motifs is 2. The number of alkyl halides is 1. The number of amides is 1. The van der Waals surface area contributed by atoms with Crippen molar-refractivity contribution in [1.82, 2.24) is 14.8 Å². The molecule has 2 aromatic carbocycles. The van der Waals surface area contributed by atoms with Crippen LogP contribution in [0.1, 0.15) is 35.2 Å². The molecule has 3 aliphatic rings. The van der Waals surface area contributed by atoms with Gasteiger partial charge in [-0.1, -0.05) is 36.9 Å². The molecule has 0 aliphatic carbocycles. The molecular weight excluding hydrogens is 569 g/mol. The fraction of sp³-hybridized carbons (Fsp3) is 0.429. The second-order valence-corrected chi connectivity index (χ2v) is 12.0. The van der Waals surface area contributed by atoms with Crippen molar-refractivity contribution in [3.63, 3.8) is 0 Å². The summed E-state index contributed by atoms with van der Waals surface area (Å²) < 4.78 is 20.0. The van der Waals surface area contributed by atoms with Crippen LogP contribution in [-0.2, 0) is 17.8 Å². The van der Waals surface area contributed by atoms with Crippen molar-refractivity contribution in [2.24, 2.45) is 0 Å². The van der Waals surface area contributed by atoms with E-state index in [-0.39, 0.29) is 30.9 Å². The van der Waals surface area contributed by atoms with Crippen LogP contribution in [0, 0.1) is 29.6 Å². The number of halogens is 1. The summed E-state index contributed by atoms with van der Waals surface area (Å²) in [7, 11) is 0. The highest BCUT2D eigenvalue weighted by Gasteiger charge is 2.35. The van der Waals surface area contributed by atoms with Gasteiger partial charge in [-0.05, 0) is 42.9 Å². The maximum Gasteiger partial charge on any atom is 0.246 e. The number of rotatable bonds is 8. The first-order chi connectivity index (χ1) is 21.9. The molecule has 0 radical (unpaired) electrons. The lowest BCUT2D eigenvalue weighted by molar-refractivity contribution is -0.128. The van der Waals surface area contributed by atoms with E-state index >= 15 is 0 Å². The van der Waals surface area contributed by atoms with Crippen LogP contribution in [0.5, 0.6) is 5.88 Å². The normalized spacial score (nSPS) is 20.0. The Labute approximate surface area is 263 Å². The molecule has 45 heavy (non-hydrogen) atoms. The number of carbonyl (C=O) groups is 1. The lowest BCUT2D eigenvalue weighted by Gasteiger charge is -2.43. The van der Waals surface area contributed by atoms with Crippen molar-refractivity contribution < 1.29 is 13.9 Å². The average Bonchev–Trinajstić information content (AvgIpc) is 3.48. The van der Waals surface area contributed by atoms with E-state index in [1.54, 1.807) is 4.90 Å². The minimum absolute atomic E-state index is 0.175. The summed E-state index contributed by atoms with van der Waals surface area (Å²) in [4.78, 5) is 25.8. The van der Waals surface area contributed by atoms with Gasteiger partial charge in [-0.25, -0.2) is 9.37 Å². The van der Waals surface area contributed by atoms with E-state index in [1.807, 2.05) is 4.90 Å². The van der Waals surface area contributed by atoms with Gasteiger partial charge in [-0.2, -0.15) is 10.5 Å². The van der Waals surface area contributed by atoms with Gasteiger partial charge < -0.3 is 19.4 Å². The summed E-state index contributed by atoms with van der Waals surface area (Å²) in [5.74, 6) is 0.0780. The summed E-state index contributed by atoms with van der Waals surface area (Å²) in [5.41, 5.74) is 5.36. The molecule has 10 heteroatoms. The highest BCUT2D eigenvalue weighted by Crippen LogP contribution is 2.40. The van der Waals surface area contributed by atoms with Crippen molar-refractivity contribution in [2.75, 3.05) is 62.2 Å². The smallest absolute Gasteiger partial charge is 0.246 e. The van der Waals surface area contributed by atoms with E-state index < -0.39 is 6.17 Å². The fourth-order valence-corrected chi connectivity index (χ4v) is 7.07. The molecule has 6 rings (SSSR count). The molecule has 3 aromatic rings. The Kier molecular flexibility index (Phi) is 8.86. The van der Waals surface area contributed by atoms with Gasteiger partial charge in [0.25, 0.3) is 0 Å². The number of hydrogen-bond donors (Lipinski definition) is 0. The number of aromatic nitrogens is 1. The Bertz CT molecular complexity index is 1690. The molecular formula is C35H38FN7O2. The van der Waals surface area contributed by atoms with Crippen LogP contribution >= 0.6 is 0 Å². The van der Waals surface area contributed by atoms with Gasteiger partial charge in [0.05, 0.1) is 36.5 Å². The van der Waals surface area contributed by atoms with E-state index in [2.05, 4.69) is 71.8 Å². The van der Waals surface area contributed by atoms with E-state index in [9.17, 15) is 19.7 Å². The molecule has 0 spiro atoms. The Morgan fingerprint density at radius 1 is 1.13 bits per heavy atom. The number of piperazine rings is 1. The molecule has 0 bridgehead atoms. The predicted molar refractivity (Wildman–Crippen MR) is 172 cm³/mol. The summed E-state index contributed by atoms with van der Waals surface area (Å²) in [6.07, 6.45) is 1.85. The van der Waals surface area contributed by atoms with Crippen molar-refractivity contribution in [3.05, 3.63) is 71.4 Å². The monoisotopic (exact) mass is 607 g/mol. The van der Waals surface area contributed by atoms with Crippen molar-refractivity contribution in [1.29, 1.82) is 10.5 Å². The first-order valence-electron chi connectivity index (χ1n) is 15.6. The van der Waals surface area contributed by atoms with Gasteiger partial charge in [0, 0.05) is 62.5 Å². The first kappa shape index (κ1) is 30.4. The van der Waals surface area contributed by atoms with Crippen molar-refractivity contribution in [2.45, 2.75) is 44.9 Å². The number of anilines is 2. The lowest BCUT2D eigenvalue weighted by atomic mass is 9.95. The SMILES string of the molecule is C=CC(=O)N1CCN(c2c(C#N)c(OCCN3CCC(F)C3)nc3c2CCN(c2cccc4cccc(C)c24)C3)C[C@@H]1CC#N. The van der Waals surface area contributed by atoms with Crippen LogP contribution in [0.25, 0.3) is 10.8 Å². The molecule has 1 unspecified atom stereocenters. The molecule has 2 fully saturated rings. The Morgan fingerprint density at radius 3 is 2.69 bits per heavy atom. The average molecular weight is 608 g/mol. The maximum atomic E-state index is 13.8. The number of likely N-dealkylation sites (tertiary alicyclic amines) is 1. The third-order valence-electron chi connectivity index (χ3n) is 9.28. The molecule has 3 aliphatic heterocycles. The van der Waals surface area contributed by atoms with Crippen LogP contribution in [0.4, 0.5) is 15.8 Å². The number of nitriles is 2. The van der Waals surface area contributed by atoms with Crippen LogP contribution in [0.2, 0.25) is 0 Å². The zero-order valence-electron chi connectivity index (χ0n) is 25.7. The standard InChI is InChI=1S/C35H38FN7O2/c1-3-32(44)43-17-16-42(22-27(43)10-13-37)34-28-12-15-41(31-9-5-8-25-7-4-6-24(2)33(25)31)23-30(28)39-35(29(34)20-38)45-19-18-40-14-11-26(36)21-40/h3-9,26-27H,1,10-12,14-19,21-23H2,2H3/t26?,27-/m0/s1. The molecule has 9 nitrogen and oxygen atoms in total. The van der Waals surface area contributed by atoms with Gasteiger partial charge in [0.2, 0.25) is 11.8 Å². The van der Waals surface area contributed by atoms with Crippen molar-refractivity contribution >= 4 is 28.1 Å². The molecule has 4 heterocycles. The predicted octanol–water partition coefficient (Wildman–Crippen LogP) is 4.52. The quantitative estimate of drug-likeness (QED) is 0.345. The number of aryl methyl sites for hydroxylation is 1. The number of benzene rings is 2. The molecule has 1 amide bonds. The first-order valence-corrected chi connectivity index (χ1v) is 15.6. The molecule has 232 valence electrons. The minimum Gasteiger partial charge on any atom is -0.475 e. The van der Waals surface area contributed by atoms with Gasteiger partial charge in [0.15, 0.2) is 0 Å². The zero-order chi connectivity index (χ0) is 31.5. The van der Waals surface area contributed by atoms with Gasteiger partial charge >= 0.3 is 0 Å². The Hall–Kier alpha value is -4.67. The van der Waals surface area contributed by atoms with Gasteiger partial charge in [-0.3, -0.25) is 9.69 Å². The van der Waals surface area contributed by atoms with Crippen LogP contribution < -0.4 is 14.5 Å². The fourth-order valence-electron chi connectivity index (χ4n) is 7.07. The zero-order valence-corrected chi connectivity index (χ0v) is 25.7. The number of nitrogens with zero attached hydrogens (tertiary/aromatic N) is 7.